The Bertz CT molecular complexity index is 378. The van der Waals surface area contributed by atoms with E-state index in [1.165, 1.54) is 4.90 Å². The van der Waals surface area contributed by atoms with Gasteiger partial charge < -0.3 is 15.3 Å². The number of rotatable bonds is 3. The van der Waals surface area contributed by atoms with Gasteiger partial charge in [0.2, 0.25) is 0 Å². The predicted molar refractivity (Wildman–Crippen MR) is 55.3 cm³/mol. The zero-order valence-corrected chi connectivity index (χ0v) is 8.58. The van der Waals surface area contributed by atoms with Gasteiger partial charge in [-0.3, -0.25) is 4.79 Å². The summed E-state index contributed by atoms with van der Waals surface area (Å²) in [6.07, 6.45) is -1.96. The number of hydrogen-bond acceptors (Lipinski definition) is 4. The Morgan fingerprint density at radius 1 is 1.19 bits per heavy atom. The van der Waals surface area contributed by atoms with Crippen LogP contribution in [0.1, 0.15) is 30.0 Å². The Kier molecular flexibility index (Phi) is 2.91. The van der Waals surface area contributed by atoms with Gasteiger partial charge in [-0.1, -0.05) is 24.3 Å². The highest BCUT2D eigenvalue weighted by atomic mass is 16.4. The van der Waals surface area contributed by atoms with Crippen LogP contribution in [0.3, 0.4) is 0 Å². The van der Waals surface area contributed by atoms with Crippen molar-refractivity contribution in [3.63, 3.8) is 0 Å². The molecule has 2 atom stereocenters. The molecule has 5 nitrogen and oxygen atoms in total. The minimum atomic E-state index is -0.949. The lowest BCUT2D eigenvalue weighted by Crippen LogP contribution is -2.28. The monoisotopic (exact) mass is 223 g/mol. The number of carboxylic acids is 1. The smallest absolute Gasteiger partial charge is 0.304 e. The topological polar surface area (TPSA) is 81.0 Å². The molecule has 1 aromatic carbocycles. The Labute approximate surface area is 92.6 Å². The molecule has 0 fully saturated rings. The lowest BCUT2D eigenvalue weighted by molar-refractivity contribution is -0.139. The third-order valence-electron chi connectivity index (χ3n) is 2.76. The molecular weight excluding hydrogens is 210 g/mol. The van der Waals surface area contributed by atoms with Crippen molar-refractivity contribution in [1.29, 1.82) is 0 Å². The first-order valence-electron chi connectivity index (χ1n) is 5.04. The highest BCUT2D eigenvalue weighted by Gasteiger charge is 2.35. The maximum absolute atomic E-state index is 10.5. The second kappa shape index (κ2) is 4.21. The lowest BCUT2D eigenvalue weighted by atomic mass is 10.1. The van der Waals surface area contributed by atoms with Gasteiger partial charge in [-0.25, -0.2) is 4.90 Å². The summed E-state index contributed by atoms with van der Waals surface area (Å²) >= 11 is 0. The first kappa shape index (κ1) is 11.1. The molecule has 1 aliphatic heterocycles. The van der Waals surface area contributed by atoms with E-state index in [1.54, 1.807) is 24.3 Å². The van der Waals surface area contributed by atoms with Crippen LogP contribution in [-0.2, 0) is 4.79 Å². The molecule has 0 saturated heterocycles. The Balaban J connectivity index is 2.18. The molecule has 0 aliphatic carbocycles. The van der Waals surface area contributed by atoms with E-state index in [4.69, 9.17) is 5.11 Å². The van der Waals surface area contributed by atoms with Crippen LogP contribution in [-0.4, -0.2) is 32.7 Å². The number of aliphatic carboxylic acids is 1. The van der Waals surface area contributed by atoms with Crippen molar-refractivity contribution in [2.45, 2.75) is 18.9 Å². The summed E-state index contributed by atoms with van der Waals surface area (Å²) in [4.78, 5) is 11.8. The van der Waals surface area contributed by atoms with Crippen LogP contribution in [0.4, 0.5) is 0 Å². The minimum absolute atomic E-state index is 0.109. The van der Waals surface area contributed by atoms with Crippen LogP contribution >= 0.6 is 0 Å². The van der Waals surface area contributed by atoms with Crippen LogP contribution in [0.2, 0.25) is 0 Å². The van der Waals surface area contributed by atoms with Crippen LogP contribution in [0.25, 0.3) is 0 Å². The highest BCUT2D eigenvalue weighted by molar-refractivity contribution is 5.66. The maximum atomic E-state index is 10.5. The molecule has 0 spiro atoms. The van der Waals surface area contributed by atoms with Gasteiger partial charge in [0.25, 0.3) is 0 Å². The van der Waals surface area contributed by atoms with Gasteiger partial charge in [0, 0.05) is 17.7 Å². The summed E-state index contributed by atoms with van der Waals surface area (Å²) in [7, 11) is 0. The van der Waals surface area contributed by atoms with Gasteiger partial charge >= 0.3 is 5.97 Å². The molecule has 5 heteroatoms. The molecule has 16 heavy (non-hydrogen) atoms. The molecule has 1 heterocycles. The maximum Gasteiger partial charge on any atom is 0.304 e. The zero-order chi connectivity index (χ0) is 11.7. The molecule has 0 saturated carbocycles. The third kappa shape index (κ3) is 1.80. The summed E-state index contributed by atoms with van der Waals surface area (Å²) in [5, 5.41) is 28.4. The van der Waals surface area contributed by atoms with E-state index >= 15 is 0 Å². The summed E-state index contributed by atoms with van der Waals surface area (Å²) in [5.41, 5.74) is 1.28. The fraction of sp³-hybridized carbons (Fsp3) is 0.364. The normalized spacial score (nSPS) is 24.4. The molecule has 0 amide bonds. The molecule has 2 rings (SSSR count). The second-order valence-corrected chi connectivity index (χ2v) is 3.76. The van der Waals surface area contributed by atoms with Crippen molar-refractivity contribution in [2.24, 2.45) is 0 Å². The Morgan fingerprint density at radius 2 is 1.69 bits per heavy atom. The van der Waals surface area contributed by atoms with Gasteiger partial charge in [0.05, 0.1) is 6.42 Å². The molecule has 0 aromatic heterocycles. The molecular formula is C11H13NO4. The van der Waals surface area contributed by atoms with Gasteiger partial charge in [0.15, 0.2) is 0 Å². The zero-order valence-electron chi connectivity index (χ0n) is 8.58. The van der Waals surface area contributed by atoms with Crippen molar-refractivity contribution >= 4 is 5.97 Å². The average Bonchev–Trinajstić information content (AvgIpc) is 2.50. The molecule has 3 N–H and O–H groups in total. The van der Waals surface area contributed by atoms with Gasteiger partial charge in [0.1, 0.15) is 12.5 Å². The number of aliphatic hydroxyl groups is 2. The lowest BCUT2D eigenvalue weighted by Gasteiger charge is -2.23. The fourth-order valence-corrected chi connectivity index (χ4v) is 1.94. The average molecular weight is 223 g/mol. The predicted octanol–water partition coefficient (Wildman–Crippen LogP) is 0.459. The standard InChI is InChI=1S/C11H13NO4/c13-9(14)5-6-12-10(15)7-3-1-2-4-8(7)11(12)16/h1-4,10-11,15-16H,5-6H2,(H,13,14). The van der Waals surface area contributed by atoms with Gasteiger partial charge in [-0.15, -0.1) is 0 Å². The molecule has 0 radical (unpaired) electrons. The second-order valence-electron chi connectivity index (χ2n) is 3.76. The fourth-order valence-electron chi connectivity index (χ4n) is 1.94. The molecule has 2 unspecified atom stereocenters. The number of benzene rings is 1. The molecule has 1 aromatic rings. The number of fused-ring (bicyclic) bond motifs is 1. The van der Waals surface area contributed by atoms with E-state index in [-0.39, 0.29) is 13.0 Å². The number of hydrogen-bond donors (Lipinski definition) is 3. The SMILES string of the molecule is O=C(O)CCN1C(O)c2ccccc2C1O. The van der Waals surface area contributed by atoms with Crippen LogP contribution in [0.15, 0.2) is 24.3 Å². The quantitative estimate of drug-likeness (QED) is 0.693. The van der Waals surface area contributed by atoms with Crippen LogP contribution in [0.5, 0.6) is 0 Å². The summed E-state index contributed by atoms with van der Waals surface area (Å²) in [6, 6.07) is 7.00. The van der Waals surface area contributed by atoms with Crippen molar-refractivity contribution in [3.05, 3.63) is 35.4 Å². The van der Waals surface area contributed by atoms with E-state index in [9.17, 15) is 15.0 Å². The van der Waals surface area contributed by atoms with Crippen molar-refractivity contribution < 1.29 is 20.1 Å². The molecule has 86 valence electrons. The van der Waals surface area contributed by atoms with E-state index in [0.717, 1.165) is 0 Å². The minimum Gasteiger partial charge on any atom is -0.481 e. The van der Waals surface area contributed by atoms with Crippen LogP contribution in [0, 0.1) is 0 Å². The summed E-state index contributed by atoms with van der Waals surface area (Å²) < 4.78 is 0. The first-order chi connectivity index (χ1) is 7.61. The molecule has 0 bridgehead atoms. The van der Waals surface area contributed by atoms with Gasteiger partial charge in [-0.05, 0) is 0 Å². The Hall–Kier alpha value is -1.43. The number of aliphatic hydroxyl groups excluding tert-OH is 2. The molecule has 1 aliphatic rings. The summed E-state index contributed by atoms with van der Waals surface area (Å²) in [6.45, 7) is 0.117. The first-order valence-corrected chi connectivity index (χ1v) is 5.04. The number of carboxylic acid groups (broad SMARTS) is 1. The van der Waals surface area contributed by atoms with E-state index in [0.29, 0.717) is 11.1 Å². The number of carbonyl (C=O) groups is 1. The number of nitrogens with zero attached hydrogens (tertiary/aromatic N) is 1. The van der Waals surface area contributed by atoms with Crippen molar-refractivity contribution in [1.82, 2.24) is 4.90 Å². The van der Waals surface area contributed by atoms with Crippen molar-refractivity contribution in [3.8, 4) is 0 Å². The highest BCUT2D eigenvalue weighted by Crippen LogP contribution is 2.38. The van der Waals surface area contributed by atoms with Crippen molar-refractivity contribution in [2.75, 3.05) is 6.54 Å². The van der Waals surface area contributed by atoms with E-state index < -0.39 is 18.4 Å². The largest absolute Gasteiger partial charge is 0.481 e. The van der Waals surface area contributed by atoms with Gasteiger partial charge in [-0.2, -0.15) is 0 Å². The third-order valence-corrected chi connectivity index (χ3v) is 2.76. The van der Waals surface area contributed by atoms with Crippen LogP contribution < -0.4 is 0 Å². The Morgan fingerprint density at radius 3 is 2.12 bits per heavy atom. The van der Waals surface area contributed by atoms with E-state index in [1.807, 2.05) is 0 Å². The van der Waals surface area contributed by atoms with E-state index in [2.05, 4.69) is 0 Å². The summed E-state index contributed by atoms with van der Waals surface area (Å²) in [5.74, 6) is -0.949.